The van der Waals surface area contributed by atoms with Gasteiger partial charge in [0.1, 0.15) is 5.82 Å². The smallest absolute Gasteiger partial charge is 0.228 e. The minimum Gasteiger partial charge on any atom is -0.296 e. The molecule has 1 N–H and O–H groups in total. The van der Waals surface area contributed by atoms with Crippen molar-refractivity contribution < 1.29 is 4.79 Å². The molecule has 82 valence electrons. The van der Waals surface area contributed by atoms with Crippen LogP contribution in [-0.4, -0.2) is 27.6 Å². The number of pyridine rings is 1. The van der Waals surface area contributed by atoms with Crippen molar-refractivity contribution in [1.29, 1.82) is 0 Å². The number of nitrogens with one attached hydrogen (secondary N) is 1. The summed E-state index contributed by atoms with van der Waals surface area (Å²) in [6.07, 6.45) is 2.90. The van der Waals surface area contributed by atoms with Crippen LogP contribution in [0.25, 0.3) is 10.9 Å². The van der Waals surface area contributed by atoms with E-state index in [1.165, 1.54) is 0 Å². The fourth-order valence-corrected chi connectivity index (χ4v) is 2.20. The molecule has 5 nitrogen and oxygen atoms in total. The Balaban J connectivity index is 2.33. The Morgan fingerprint density at radius 2 is 2.38 bits per heavy atom. The number of H-pyrrole nitrogens is 1. The van der Waals surface area contributed by atoms with Crippen LogP contribution in [-0.2, 0) is 11.2 Å². The molecule has 2 aromatic rings. The fourth-order valence-electron chi connectivity index (χ4n) is 2.20. The van der Waals surface area contributed by atoms with Crippen LogP contribution in [0.3, 0.4) is 0 Å². The van der Waals surface area contributed by atoms with E-state index in [1.807, 2.05) is 13.0 Å². The summed E-state index contributed by atoms with van der Waals surface area (Å²) in [6.45, 7) is 2.61. The van der Waals surface area contributed by atoms with Gasteiger partial charge in [0.25, 0.3) is 0 Å². The number of aromatic amines is 1. The number of carbonyl (C=O) groups is 1. The topological polar surface area (TPSA) is 61.9 Å². The lowest BCUT2D eigenvalue weighted by Crippen LogP contribution is -2.30. The highest BCUT2D eigenvalue weighted by atomic mass is 16.2. The van der Waals surface area contributed by atoms with E-state index < -0.39 is 0 Å². The first-order valence-corrected chi connectivity index (χ1v) is 5.43. The van der Waals surface area contributed by atoms with E-state index in [0.717, 1.165) is 22.4 Å². The molecule has 0 radical (unpaired) electrons. The third-order valence-corrected chi connectivity index (χ3v) is 2.98. The van der Waals surface area contributed by atoms with Gasteiger partial charge < -0.3 is 0 Å². The molecule has 2 aromatic heterocycles. The maximum atomic E-state index is 11.9. The van der Waals surface area contributed by atoms with Gasteiger partial charge in [-0.25, -0.2) is 4.98 Å². The van der Waals surface area contributed by atoms with Crippen LogP contribution in [0.5, 0.6) is 0 Å². The zero-order valence-electron chi connectivity index (χ0n) is 9.03. The van der Waals surface area contributed by atoms with E-state index in [-0.39, 0.29) is 5.91 Å². The van der Waals surface area contributed by atoms with E-state index in [9.17, 15) is 4.79 Å². The maximum absolute atomic E-state index is 11.9. The van der Waals surface area contributed by atoms with Gasteiger partial charge in [-0.3, -0.25) is 14.8 Å². The Kier molecular flexibility index (Phi) is 1.92. The van der Waals surface area contributed by atoms with Crippen LogP contribution < -0.4 is 4.90 Å². The summed E-state index contributed by atoms with van der Waals surface area (Å²) in [6, 6.07) is 1.89. The number of hydrogen-bond acceptors (Lipinski definition) is 3. The molecule has 0 bridgehead atoms. The van der Waals surface area contributed by atoms with Gasteiger partial charge in [0.15, 0.2) is 0 Å². The first-order valence-electron chi connectivity index (χ1n) is 5.43. The molecule has 0 saturated carbocycles. The van der Waals surface area contributed by atoms with Gasteiger partial charge in [0.2, 0.25) is 5.91 Å². The van der Waals surface area contributed by atoms with Gasteiger partial charge in [-0.15, -0.1) is 0 Å². The molecular weight excluding hydrogens is 204 g/mol. The molecule has 0 saturated heterocycles. The summed E-state index contributed by atoms with van der Waals surface area (Å²) < 4.78 is 0. The molecule has 0 aliphatic carbocycles. The van der Waals surface area contributed by atoms with Crippen LogP contribution in [0.2, 0.25) is 0 Å². The van der Waals surface area contributed by atoms with E-state index in [0.29, 0.717) is 19.4 Å². The number of nitrogens with zero attached hydrogens (tertiary/aromatic N) is 3. The number of anilines is 1. The standard InChI is InChI=1S/C11H12N4O/c1-2-15-9(16)4-3-7-10-8(14-13-7)5-6-12-11(10)15/h5-6H,2-4H2,1H3,(H,13,14). The van der Waals surface area contributed by atoms with E-state index in [1.54, 1.807) is 11.1 Å². The Morgan fingerprint density at radius 1 is 1.50 bits per heavy atom. The number of rotatable bonds is 1. The summed E-state index contributed by atoms with van der Waals surface area (Å²) >= 11 is 0. The van der Waals surface area contributed by atoms with Crippen LogP contribution in [0.1, 0.15) is 19.0 Å². The summed E-state index contributed by atoms with van der Waals surface area (Å²) in [5, 5.41) is 8.22. The largest absolute Gasteiger partial charge is 0.296 e. The molecule has 0 atom stereocenters. The van der Waals surface area contributed by atoms with E-state index in [4.69, 9.17) is 0 Å². The van der Waals surface area contributed by atoms with Crippen molar-refractivity contribution in [2.24, 2.45) is 0 Å². The van der Waals surface area contributed by atoms with Gasteiger partial charge >= 0.3 is 0 Å². The minimum absolute atomic E-state index is 0.125. The number of aryl methyl sites for hydroxylation is 1. The summed E-state index contributed by atoms with van der Waals surface area (Å²) in [5.74, 6) is 0.867. The van der Waals surface area contributed by atoms with Crippen molar-refractivity contribution in [1.82, 2.24) is 15.2 Å². The second-order valence-electron chi connectivity index (χ2n) is 3.87. The number of hydrogen-bond donors (Lipinski definition) is 1. The highest BCUT2D eigenvalue weighted by Crippen LogP contribution is 2.29. The Morgan fingerprint density at radius 3 is 3.19 bits per heavy atom. The lowest BCUT2D eigenvalue weighted by atomic mass is 10.2. The lowest BCUT2D eigenvalue weighted by molar-refractivity contribution is -0.118. The summed E-state index contributed by atoms with van der Waals surface area (Å²) in [5.41, 5.74) is 1.90. The Labute approximate surface area is 92.5 Å². The predicted molar refractivity (Wildman–Crippen MR) is 60.2 cm³/mol. The number of aromatic nitrogens is 3. The summed E-state index contributed by atoms with van der Waals surface area (Å²) in [4.78, 5) is 17.9. The average Bonchev–Trinajstić information content (AvgIpc) is 2.65. The van der Waals surface area contributed by atoms with Crippen LogP contribution in [0, 0.1) is 0 Å². The third-order valence-electron chi connectivity index (χ3n) is 2.98. The lowest BCUT2D eigenvalue weighted by Gasteiger charge is -2.18. The molecule has 0 unspecified atom stereocenters. The molecule has 3 rings (SSSR count). The SMILES string of the molecule is CCN1C(=O)CCc2n[nH]c3ccnc1c23. The van der Waals surface area contributed by atoms with Crippen molar-refractivity contribution in [2.75, 3.05) is 11.4 Å². The quantitative estimate of drug-likeness (QED) is 0.780. The Hall–Kier alpha value is -1.91. The van der Waals surface area contributed by atoms with Crippen molar-refractivity contribution in [3.8, 4) is 0 Å². The van der Waals surface area contributed by atoms with Gasteiger partial charge in [0.05, 0.1) is 16.6 Å². The van der Waals surface area contributed by atoms with Crippen molar-refractivity contribution in [2.45, 2.75) is 19.8 Å². The third kappa shape index (κ3) is 1.14. The molecule has 3 heterocycles. The van der Waals surface area contributed by atoms with Crippen molar-refractivity contribution in [3.05, 3.63) is 18.0 Å². The second-order valence-corrected chi connectivity index (χ2v) is 3.87. The van der Waals surface area contributed by atoms with Crippen LogP contribution in [0.15, 0.2) is 12.3 Å². The van der Waals surface area contributed by atoms with E-state index >= 15 is 0 Å². The molecule has 0 fully saturated rings. The molecule has 0 spiro atoms. The molecule has 1 amide bonds. The second kappa shape index (κ2) is 3.30. The molecule has 1 aliphatic rings. The molecule has 0 aromatic carbocycles. The number of carbonyl (C=O) groups excluding carboxylic acids is 1. The zero-order valence-corrected chi connectivity index (χ0v) is 9.03. The molecule has 5 heteroatoms. The van der Waals surface area contributed by atoms with Gasteiger partial charge in [-0.1, -0.05) is 0 Å². The first kappa shape index (κ1) is 9.33. The minimum atomic E-state index is 0.125. The predicted octanol–water partition coefficient (Wildman–Crippen LogP) is 1.26. The molecule has 16 heavy (non-hydrogen) atoms. The molecule has 1 aliphatic heterocycles. The summed E-state index contributed by atoms with van der Waals surface area (Å²) in [7, 11) is 0. The first-order chi connectivity index (χ1) is 7.81. The van der Waals surface area contributed by atoms with E-state index in [2.05, 4.69) is 15.2 Å². The zero-order chi connectivity index (χ0) is 11.1. The fraction of sp³-hybridized carbons (Fsp3) is 0.364. The highest BCUT2D eigenvalue weighted by molar-refractivity contribution is 6.03. The Bertz CT molecular complexity index is 560. The molecular formula is C11H12N4O. The van der Waals surface area contributed by atoms with Crippen LogP contribution >= 0.6 is 0 Å². The maximum Gasteiger partial charge on any atom is 0.228 e. The average molecular weight is 216 g/mol. The van der Waals surface area contributed by atoms with Gasteiger partial charge in [0, 0.05) is 25.6 Å². The van der Waals surface area contributed by atoms with Crippen LogP contribution in [0.4, 0.5) is 5.82 Å². The van der Waals surface area contributed by atoms with Gasteiger partial charge in [-0.2, -0.15) is 5.10 Å². The highest BCUT2D eigenvalue weighted by Gasteiger charge is 2.24. The number of amides is 1. The van der Waals surface area contributed by atoms with Crippen molar-refractivity contribution in [3.63, 3.8) is 0 Å². The monoisotopic (exact) mass is 216 g/mol. The normalized spacial score (nSPS) is 15.6. The van der Waals surface area contributed by atoms with Crippen molar-refractivity contribution >= 4 is 22.6 Å². The van der Waals surface area contributed by atoms with Gasteiger partial charge in [-0.05, 0) is 13.0 Å².